The number of hydrogen-bond donors (Lipinski definition) is 0. The van der Waals surface area contributed by atoms with Crippen LogP contribution in [0.1, 0.15) is 0 Å². The molecule has 0 radical (unpaired) electrons. The Balaban J connectivity index is 0.000001000. The van der Waals surface area contributed by atoms with E-state index >= 15 is 0 Å². The molecule has 0 aliphatic heterocycles. The summed E-state index contributed by atoms with van der Waals surface area (Å²) in [5, 5.41) is 0. The number of hydrogen-bond acceptors (Lipinski definition) is 1. The summed E-state index contributed by atoms with van der Waals surface area (Å²) in [5.74, 6) is 0. The molecule has 0 saturated heterocycles. The molecular formula is C8H11BrClN. The molecule has 62 valence electrons. The average Bonchev–Trinajstić information content (AvgIpc) is 1.88. The first kappa shape index (κ1) is 10.8. The Labute approximate surface area is 81.9 Å². The topological polar surface area (TPSA) is 3.24 Å². The molecule has 1 nitrogen and oxygen atoms in total. The molecule has 0 heterocycles. The van der Waals surface area contributed by atoms with Gasteiger partial charge in [0.05, 0.1) is 0 Å². The van der Waals surface area contributed by atoms with Crippen molar-refractivity contribution < 1.29 is 0 Å². The van der Waals surface area contributed by atoms with Crippen molar-refractivity contribution in [3.05, 3.63) is 28.7 Å². The van der Waals surface area contributed by atoms with Crippen LogP contribution in [0.4, 0.5) is 5.69 Å². The van der Waals surface area contributed by atoms with Crippen molar-refractivity contribution in [2.24, 2.45) is 0 Å². The zero-order valence-corrected chi connectivity index (χ0v) is 8.95. The third-order valence-corrected chi connectivity index (χ3v) is 1.82. The van der Waals surface area contributed by atoms with Gasteiger partial charge in [0.15, 0.2) is 0 Å². The summed E-state index contributed by atoms with van der Waals surface area (Å²) in [5.41, 5.74) is 1.22. The lowest BCUT2D eigenvalue weighted by Gasteiger charge is -2.11. The Morgan fingerprint density at radius 1 is 1.27 bits per heavy atom. The molecule has 0 bridgehead atoms. The van der Waals surface area contributed by atoms with Crippen LogP contribution in [0.3, 0.4) is 0 Å². The van der Waals surface area contributed by atoms with Gasteiger partial charge in [0.25, 0.3) is 0 Å². The molecule has 0 aliphatic carbocycles. The van der Waals surface area contributed by atoms with E-state index in [0.29, 0.717) is 0 Å². The third-order valence-electron chi connectivity index (χ3n) is 1.32. The summed E-state index contributed by atoms with van der Waals surface area (Å²) in [4.78, 5) is 2.07. The molecule has 0 fully saturated rings. The third kappa shape index (κ3) is 3.12. The van der Waals surface area contributed by atoms with Crippen molar-refractivity contribution in [1.82, 2.24) is 0 Å². The zero-order chi connectivity index (χ0) is 7.56. The molecule has 0 atom stereocenters. The number of benzene rings is 1. The fraction of sp³-hybridized carbons (Fsp3) is 0.250. The van der Waals surface area contributed by atoms with Crippen LogP contribution in [-0.4, -0.2) is 14.1 Å². The van der Waals surface area contributed by atoms with Gasteiger partial charge in [-0.2, -0.15) is 0 Å². The maximum absolute atomic E-state index is 3.40. The predicted molar refractivity (Wildman–Crippen MR) is 55.7 cm³/mol. The molecule has 0 aromatic heterocycles. The van der Waals surface area contributed by atoms with E-state index in [1.54, 1.807) is 0 Å². The van der Waals surface area contributed by atoms with Crippen molar-refractivity contribution >= 4 is 34.0 Å². The Hall–Kier alpha value is -0.210. The van der Waals surface area contributed by atoms with Crippen LogP contribution >= 0.6 is 28.3 Å². The van der Waals surface area contributed by atoms with Gasteiger partial charge in [-0.05, 0) is 18.2 Å². The first-order chi connectivity index (χ1) is 4.70. The van der Waals surface area contributed by atoms with Gasteiger partial charge in [-0.3, -0.25) is 0 Å². The molecule has 0 saturated carbocycles. The smallest absolute Gasteiger partial charge is 0.0372 e. The summed E-state index contributed by atoms with van der Waals surface area (Å²) < 4.78 is 1.12. The monoisotopic (exact) mass is 235 g/mol. The molecule has 1 aromatic carbocycles. The van der Waals surface area contributed by atoms with E-state index < -0.39 is 0 Å². The number of nitrogens with zero attached hydrogens (tertiary/aromatic N) is 1. The summed E-state index contributed by atoms with van der Waals surface area (Å²) in [6.45, 7) is 0. The SMILES string of the molecule is CN(C)c1cccc(Br)c1.Cl. The molecule has 0 aliphatic rings. The predicted octanol–water partition coefficient (Wildman–Crippen LogP) is 2.94. The van der Waals surface area contributed by atoms with E-state index in [-0.39, 0.29) is 12.4 Å². The molecular weight excluding hydrogens is 225 g/mol. The van der Waals surface area contributed by atoms with Crippen LogP contribution in [0, 0.1) is 0 Å². The van der Waals surface area contributed by atoms with E-state index in [1.165, 1.54) is 5.69 Å². The zero-order valence-electron chi connectivity index (χ0n) is 6.54. The van der Waals surface area contributed by atoms with Crippen LogP contribution in [0.25, 0.3) is 0 Å². The molecule has 3 heteroatoms. The van der Waals surface area contributed by atoms with Crippen molar-refractivity contribution in [3.63, 3.8) is 0 Å². The second-order valence-electron chi connectivity index (χ2n) is 2.37. The van der Waals surface area contributed by atoms with Crippen molar-refractivity contribution in [3.8, 4) is 0 Å². The summed E-state index contributed by atoms with van der Waals surface area (Å²) in [7, 11) is 4.06. The molecule has 1 rings (SSSR count). The largest absolute Gasteiger partial charge is 0.378 e. The molecule has 0 spiro atoms. The number of anilines is 1. The minimum atomic E-state index is 0. The van der Waals surface area contributed by atoms with E-state index in [0.717, 1.165) is 4.47 Å². The average molecular weight is 237 g/mol. The summed E-state index contributed by atoms with van der Waals surface area (Å²) in [6.07, 6.45) is 0. The quantitative estimate of drug-likeness (QED) is 0.725. The normalized spacial score (nSPS) is 8.64. The van der Waals surface area contributed by atoms with E-state index in [1.807, 2.05) is 26.2 Å². The van der Waals surface area contributed by atoms with Crippen LogP contribution in [-0.2, 0) is 0 Å². The van der Waals surface area contributed by atoms with Gasteiger partial charge < -0.3 is 4.90 Å². The number of rotatable bonds is 1. The Morgan fingerprint density at radius 3 is 2.27 bits per heavy atom. The van der Waals surface area contributed by atoms with E-state index in [9.17, 15) is 0 Å². The van der Waals surface area contributed by atoms with Crippen LogP contribution in [0.5, 0.6) is 0 Å². The molecule has 0 amide bonds. The number of halogens is 2. The van der Waals surface area contributed by atoms with Crippen LogP contribution < -0.4 is 4.90 Å². The maximum atomic E-state index is 3.40. The van der Waals surface area contributed by atoms with E-state index in [4.69, 9.17) is 0 Å². The molecule has 11 heavy (non-hydrogen) atoms. The minimum absolute atomic E-state index is 0. The van der Waals surface area contributed by atoms with Gasteiger partial charge in [-0.15, -0.1) is 12.4 Å². The highest BCUT2D eigenvalue weighted by Gasteiger charge is 1.92. The van der Waals surface area contributed by atoms with Crippen molar-refractivity contribution in [2.45, 2.75) is 0 Å². The highest BCUT2D eigenvalue weighted by molar-refractivity contribution is 9.10. The Bertz CT molecular complexity index is 225. The van der Waals surface area contributed by atoms with Crippen LogP contribution in [0.15, 0.2) is 28.7 Å². The Kier molecular flexibility index (Phi) is 4.54. The highest BCUT2D eigenvalue weighted by atomic mass is 79.9. The van der Waals surface area contributed by atoms with Crippen LogP contribution in [0.2, 0.25) is 0 Å². The van der Waals surface area contributed by atoms with Gasteiger partial charge in [0.2, 0.25) is 0 Å². The van der Waals surface area contributed by atoms with E-state index in [2.05, 4.69) is 33.0 Å². The summed E-state index contributed by atoms with van der Waals surface area (Å²) >= 11 is 3.40. The fourth-order valence-electron chi connectivity index (χ4n) is 0.754. The van der Waals surface area contributed by atoms with Crippen molar-refractivity contribution in [1.29, 1.82) is 0 Å². The van der Waals surface area contributed by atoms with Crippen molar-refractivity contribution in [2.75, 3.05) is 19.0 Å². The molecule has 0 unspecified atom stereocenters. The van der Waals surface area contributed by atoms with Gasteiger partial charge in [-0.25, -0.2) is 0 Å². The van der Waals surface area contributed by atoms with Gasteiger partial charge in [0.1, 0.15) is 0 Å². The maximum Gasteiger partial charge on any atom is 0.0372 e. The van der Waals surface area contributed by atoms with Gasteiger partial charge in [-0.1, -0.05) is 22.0 Å². The first-order valence-corrected chi connectivity index (χ1v) is 3.92. The van der Waals surface area contributed by atoms with Gasteiger partial charge >= 0.3 is 0 Å². The Morgan fingerprint density at radius 2 is 1.91 bits per heavy atom. The fourth-order valence-corrected chi connectivity index (χ4v) is 1.14. The second-order valence-corrected chi connectivity index (χ2v) is 3.29. The lowest BCUT2D eigenvalue weighted by molar-refractivity contribution is 1.13. The first-order valence-electron chi connectivity index (χ1n) is 3.13. The van der Waals surface area contributed by atoms with Gasteiger partial charge in [0, 0.05) is 24.3 Å². The molecule has 0 N–H and O–H groups in total. The summed E-state index contributed by atoms with van der Waals surface area (Å²) in [6, 6.07) is 8.21. The second kappa shape index (κ2) is 4.62. The highest BCUT2D eigenvalue weighted by Crippen LogP contribution is 2.17. The minimum Gasteiger partial charge on any atom is -0.378 e. The standard InChI is InChI=1S/C8H10BrN.ClH/c1-10(2)8-5-3-4-7(9)6-8;/h3-6H,1-2H3;1H. The molecule has 1 aromatic rings. The lowest BCUT2D eigenvalue weighted by atomic mass is 10.3. The lowest BCUT2D eigenvalue weighted by Crippen LogP contribution is -2.07.